The van der Waals surface area contributed by atoms with Crippen LogP contribution in [0.1, 0.15) is 17.4 Å². The van der Waals surface area contributed by atoms with E-state index in [1.165, 1.54) is 0 Å². The molecule has 13 heavy (non-hydrogen) atoms. The van der Waals surface area contributed by atoms with Crippen LogP contribution < -0.4 is 0 Å². The SMILES string of the molecule is N#CC1CCOC1c1cc(Br)cs1. The van der Waals surface area contributed by atoms with Crippen molar-refractivity contribution in [1.82, 2.24) is 0 Å². The molecule has 1 aromatic rings. The molecule has 68 valence electrons. The van der Waals surface area contributed by atoms with E-state index in [1.54, 1.807) is 11.3 Å². The highest BCUT2D eigenvalue weighted by atomic mass is 79.9. The summed E-state index contributed by atoms with van der Waals surface area (Å²) in [5.41, 5.74) is 0. The first-order valence-corrected chi connectivity index (χ1v) is 5.73. The quantitative estimate of drug-likeness (QED) is 0.775. The van der Waals surface area contributed by atoms with Gasteiger partial charge in [-0.05, 0) is 28.4 Å². The van der Waals surface area contributed by atoms with Crippen LogP contribution in [0.15, 0.2) is 15.9 Å². The second-order valence-electron chi connectivity index (χ2n) is 2.98. The molecule has 2 unspecified atom stereocenters. The lowest BCUT2D eigenvalue weighted by Crippen LogP contribution is -2.02. The number of ether oxygens (including phenoxy) is 1. The van der Waals surface area contributed by atoms with E-state index in [4.69, 9.17) is 10.00 Å². The van der Waals surface area contributed by atoms with Crippen molar-refractivity contribution in [3.8, 4) is 6.07 Å². The summed E-state index contributed by atoms with van der Waals surface area (Å²) in [7, 11) is 0. The molecule has 0 N–H and O–H groups in total. The fourth-order valence-electron chi connectivity index (χ4n) is 1.48. The van der Waals surface area contributed by atoms with Crippen LogP contribution >= 0.6 is 27.3 Å². The summed E-state index contributed by atoms with van der Waals surface area (Å²) in [6.07, 6.45) is 0.859. The van der Waals surface area contributed by atoms with Gasteiger partial charge in [0.2, 0.25) is 0 Å². The van der Waals surface area contributed by atoms with Gasteiger partial charge in [0.15, 0.2) is 0 Å². The first-order valence-electron chi connectivity index (χ1n) is 4.06. The number of hydrogen-bond acceptors (Lipinski definition) is 3. The minimum Gasteiger partial charge on any atom is -0.371 e. The fourth-order valence-corrected chi connectivity index (χ4v) is 3.04. The Morgan fingerprint density at radius 1 is 1.69 bits per heavy atom. The van der Waals surface area contributed by atoms with Crippen LogP contribution in [-0.4, -0.2) is 6.61 Å². The van der Waals surface area contributed by atoms with Crippen molar-refractivity contribution in [2.75, 3.05) is 6.61 Å². The number of halogens is 1. The fraction of sp³-hybridized carbons (Fsp3) is 0.444. The molecule has 0 spiro atoms. The molecule has 0 saturated carbocycles. The molecule has 2 atom stereocenters. The minimum absolute atomic E-state index is 0.00120. The third-order valence-corrected chi connectivity index (χ3v) is 3.88. The summed E-state index contributed by atoms with van der Waals surface area (Å²) in [4.78, 5) is 1.15. The molecular weight excluding hydrogens is 250 g/mol. The van der Waals surface area contributed by atoms with Crippen LogP contribution in [0.25, 0.3) is 0 Å². The Hall–Kier alpha value is -0.370. The third kappa shape index (κ3) is 1.78. The maximum Gasteiger partial charge on any atom is 0.108 e. The molecule has 1 saturated heterocycles. The summed E-state index contributed by atoms with van der Waals surface area (Å²) in [6, 6.07) is 4.32. The molecule has 0 aromatic carbocycles. The second kappa shape index (κ2) is 3.79. The molecule has 2 nitrogen and oxygen atoms in total. The summed E-state index contributed by atoms with van der Waals surface area (Å²) in [6.45, 7) is 0.707. The van der Waals surface area contributed by atoms with E-state index in [1.807, 2.05) is 11.4 Å². The number of nitriles is 1. The molecule has 0 amide bonds. The van der Waals surface area contributed by atoms with Gasteiger partial charge in [-0.2, -0.15) is 5.26 Å². The van der Waals surface area contributed by atoms with Gasteiger partial charge in [0, 0.05) is 21.3 Å². The average Bonchev–Trinajstić information content (AvgIpc) is 2.71. The monoisotopic (exact) mass is 257 g/mol. The van der Waals surface area contributed by atoms with Gasteiger partial charge in [0.25, 0.3) is 0 Å². The van der Waals surface area contributed by atoms with E-state index in [9.17, 15) is 0 Å². The maximum absolute atomic E-state index is 8.87. The predicted octanol–water partition coefficient (Wildman–Crippen LogP) is 3.11. The Bertz CT molecular complexity index is 344. The zero-order valence-electron chi connectivity index (χ0n) is 6.87. The summed E-state index contributed by atoms with van der Waals surface area (Å²) in [5, 5.41) is 10.9. The average molecular weight is 258 g/mol. The van der Waals surface area contributed by atoms with E-state index in [2.05, 4.69) is 22.0 Å². The molecule has 2 heterocycles. The third-order valence-electron chi connectivity index (χ3n) is 2.13. The topological polar surface area (TPSA) is 33.0 Å². The van der Waals surface area contributed by atoms with E-state index in [-0.39, 0.29) is 12.0 Å². The van der Waals surface area contributed by atoms with Gasteiger partial charge in [-0.1, -0.05) is 0 Å². The van der Waals surface area contributed by atoms with Crippen LogP contribution in [0.3, 0.4) is 0 Å². The van der Waals surface area contributed by atoms with E-state index >= 15 is 0 Å². The van der Waals surface area contributed by atoms with Gasteiger partial charge < -0.3 is 4.74 Å². The first kappa shape index (κ1) is 9.20. The van der Waals surface area contributed by atoms with E-state index in [0.29, 0.717) is 6.61 Å². The van der Waals surface area contributed by atoms with Crippen LogP contribution in [0, 0.1) is 17.2 Å². The van der Waals surface area contributed by atoms with Gasteiger partial charge in [0.1, 0.15) is 6.10 Å². The number of rotatable bonds is 1. The Balaban J connectivity index is 2.21. The largest absolute Gasteiger partial charge is 0.371 e. The van der Waals surface area contributed by atoms with Crippen molar-refractivity contribution in [2.24, 2.45) is 5.92 Å². The van der Waals surface area contributed by atoms with Gasteiger partial charge in [-0.25, -0.2) is 0 Å². The molecule has 1 aliphatic rings. The molecule has 1 fully saturated rings. The predicted molar refractivity (Wildman–Crippen MR) is 54.4 cm³/mol. The highest BCUT2D eigenvalue weighted by molar-refractivity contribution is 9.10. The lowest BCUT2D eigenvalue weighted by molar-refractivity contribution is 0.103. The number of nitrogens with zero attached hydrogens (tertiary/aromatic N) is 1. The lowest BCUT2D eigenvalue weighted by Gasteiger charge is -2.09. The van der Waals surface area contributed by atoms with Crippen LogP contribution in [0.2, 0.25) is 0 Å². The van der Waals surface area contributed by atoms with Crippen molar-refractivity contribution in [1.29, 1.82) is 5.26 Å². The number of thiophene rings is 1. The molecule has 1 aliphatic heterocycles. The Morgan fingerprint density at radius 2 is 2.54 bits per heavy atom. The second-order valence-corrected chi connectivity index (χ2v) is 4.84. The lowest BCUT2D eigenvalue weighted by atomic mass is 10.0. The molecular formula is C9H8BrNOS. The molecule has 0 bridgehead atoms. The van der Waals surface area contributed by atoms with Crippen LogP contribution in [0.5, 0.6) is 0 Å². The Kier molecular flexibility index (Phi) is 2.68. The van der Waals surface area contributed by atoms with Gasteiger partial charge in [-0.15, -0.1) is 11.3 Å². The maximum atomic E-state index is 8.87. The summed E-state index contributed by atoms with van der Waals surface area (Å²) >= 11 is 5.04. The highest BCUT2D eigenvalue weighted by Crippen LogP contribution is 2.38. The van der Waals surface area contributed by atoms with Crippen molar-refractivity contribution >= 4 is 27.3 Å². The zero-order valence-corrected chi connectivity index (χ0v) is 9.27. The standard InChI is InChI=1S/C9H8BrNOS/c10-7-3-8(13-5-7)9-6(4-11)1-2-12-9/h3,5-6,9H,1-2H2. The molecule has 0 radical (unpaired) electrons. The van der Waals surface area contributed by atoms with Crippen molar-refractivity contribution in [3.63, 3.8) is 0 Å². The van der Waals surface area contributed by atoms with Crippen molar-refractivity contribution < 1.29 is 4.74 Å². The zero-order chi connectivity index (χ0) is 9.26. The Morgan fingerprint density at radius 3 is 3.15 bits per heavy atom. The summed E-state index contributed by atoms with van der Waals surface area (Å²) < 4.78 is 6.59. The van der Waals surface area contributed by atoms with Crippen LogP contribution in [-0.2, 0) is 4.74 Å². The smallest absolute Gasteiger partial charge is 0.108 e. The molecule has 1 aromatic heterocycles. The normalized spacial score (nSPS) is 27.4. The van der Waals surface area contributed by atoms with Crippen LogP contribution in [0.4, 0.5) is 0 Å². The minimum atomic E-state index is 0.00120. The van der Waals surface area contributed by atoms with Gasteiger partial charge in [-0.3, -0.25) is 0 Å². The molecule has 4 heteroatoms. The first-order chi connectivity index (χ1) is 6.31. The molecule has 0 aliphatic carbocycles. The van der Waals surface area contributed by atoms with E-state index < -0.39 is 0 Å². The van der Waals surface area contributed by atoms with Gasteiger partial charge >= 0.3 is 0 Å². The van der Waals surface area contributed by atoms with Gasteiger partial charge in [0.05, 0.1) is 12.0 Å². The van der Waals surface area contributed by atoms with E-state index in [0.717, 1.165) is 15.8 Å². The highest BCUT2D eigenvalue weighted by Gasteiger charge is 2.30. The summed E-state index contributed by atoms with van der Waals surface area (Å²) in [5.74, 6) is 0.0329. The number of hydrogen-bond donors (Lipinski definition) is 0. The Labute approximate surface area is 89.3 Å². The molecule has 2 rings (SSSR count). The van der Waals surface area contributed by atoms with Crippen molar-refractivity contribution in [2.45, 2.75) is 12.5 Å². The van der Waals surface area contributed by atoms with Crippen molar-refractivity contribution in [3.05, 3.63) is 20.8 Å².